The molecule has 4 heteroatoms. The zero-order valence-corrected chi connectivity index (χ0v) is 17.0. The Morgan fingerprint density at radius 2 is 1.96 bits per heavy atom. The largest absolute Gasteiger partial charge is 0.462 e. The second kappa shape index (κ2) is 6.69. The second-order valence-electron chi connectivity index (χ2n) is 9.75. The second-order valence-corrected chi connectivity index (χ2v) is 9.75. The monoisotopic (exact) mass is 362 g/mol. The molecule has 0 unspecified atom stereocenters. The van der Waals surface area contributed by atoms with Gasteiger partial charge in [0.15, 0.2) is 0 Å². The third-order valence-electron chi connectivity index (χ3n) is 7.58. The van der Waals surface area contributed by atoms with Crippen LogP contribution in [0.25, 0.3) is 0 Å². The van der Waals surface area contributed by atoms with Gasteiger partial charge in [0.1, 0.15) is 5.60 Å². The topological polar surface area (TPSA) is 52.6 Å². The lowest BCUT2D eigenvalue weighted by Gasteiger charge is -2.61. The molecule has 0 aromatic heterocycles. The maximum atomic E-state index is 11.9. The number of fused-ring (bicyclic) bond motifs is 1. The van der Waals surface area contributed by atoms with E-state index in [0.717, 1.165) is 31.3 Å². The molecule has 4 atom stereocenters. The minimum atomic E-state index is -0.468. The fourth-order valence-electron chi connectivity index (χ4n) is 6.47. The predicted octanol–water partition coefficient (Wildman–Crippen LogP) is 4.81. The quantitative estimate of drug-likeness (QED) is 0.534. The Morgan fingerprint density at radius 1 is 1.23 bits per heavy atom. The number of rotatable bonds is 3. The van der Waals surface area contributed by atoms with Gasteiger partial charge in [-0.2, -0.15) is 0 Å². The maximum absolute atomic E-state index is 11.9. The summed E-state index contributed by atoms with van der Waals surface area (Å²) >= 11 is 0. The van der Waals surface area contributed by atoms with Crippen LogP contribution in [0, 0.1) is 22.7 Å². The van der Waals surface area contributed by atoms with Crippen LogP contribution in [0.1, 0.15) is 79.6 Å². The first-order chi connectivity index (χ1) is 12.1. The lowest BCUT2D eigenvalue weighted by Crippen LogP contribution is -2.58. The smallest absolute Gasteiger partial charge is 0.333 e. The van der Waals surface area contributed by atoms with Crippen LogP contribution in [-0.2, 0) is 19.1 Å². The van der Waals surface area contributed by atoms with Crippen molar-refractivity contribution >= 4 is 11.9 Å². The third-order valence-corrected chi connectivity index (χ3v) is 7.58. The Morgan fingerprint density at radius 3 is 2.58 bits per heavy atom. The molecule has 2 aliphatic carbocycles. The third kappa shape index (κ3) is 3.32. The summed E-state index contributed by atoms with van der Waals surface area (Å²) in [5.74, 6) is 0.452. The normalized spacial score (nSPS) is 40.8. The van der Waals surface area contributed by atoms with Gasteiger partial charge in [-0.25, -0.2) is 4.79 Å². The fraction of sp³-hybridized carbons (Fsp3) is 0.818. The average Bonchev–Trinajstić information content (AvgIpc) is 2.90. The van der Waals surface area contributed by atoms with Gasteiger partial charge in [-0.3, -0.25) is 4.79 Å². The van der Waals surface area contributed by atoms with Crippen LogP contribution in [-0.4, -0.2) is 24.1 Å². The highest BCUT2D eigenvalue weighted by Gasteiger charge is 2.59. The van der Waals surface area contributed by atoms with Gasteiger partial charge in [-0.05, 0) is 55.8 Å². The van der Waals surface area contributed by atoms with Crippen molar-refractivity contribution in [2.75, 3.05) is 6.61 Å². The SMILES string of the molecule is CC(=O)O[C@]1(C)CC[C@H]2C(C)(C)CCC[C@]2(C)[C@H]1C/C=C1\CCOC1=O. The molecule has 3 aliphatic rings. The number of ether oxygens (including phenoxy) is 2. The Kier molecular flexibility index (Phi) is 5.00. The highest BCUT2D eigenvalue weighted by atomic mass is 16.6. The Bertz CT molecular complexity index is 620. The van der Waals surface area contributed by atoms with Gasteiger partial charge in [0.2, 0.25) is 0 Å². The summed E-state index contributed by atoms with van der Waals surface area (Å²) in [7, 11) is 0. The fourth-order valence-corrected chi connectivity index (χ4v) is 6.47. The highest BCUT2D eigenvalue weighted by molar-refractivity contribution is 5.90. The Balaban J connectivity index is 1.96. The van der Waals surface area contributed by atoms with Crippen molar-refractivity contribution < 1.29 is 19.1 Å². The molecule has 0 aromatic carbocycles. The molecule has 0 aromatic rings. The highest BCUT2D eigenvalue weighted by Crippen LogP contribution is 2.63. The summed E-state index contributed by atoms with van der Waals surface area (Å²) in [6, 6.07) is 0. The molecular weight excluding hydrogens is 328 g/mol. The zero-order chi connectivity index (χ0) is 19.2. The van der Waals surface area contributed by atoms with Gasteiger partial charge in [0.05, 0.1) is 6.61 Å². The number of carbonyl (C=O) groups is 2. The van der Waals surface area contributed by atoms with Gasteiger partial charge in [0, 0.05) is 24.8 Å². The summed E-state index contributed by atoms with van der Waals surface area (Å²) in [6.07, 6.45) is 9.17. The van der Waals surface area contributed by atoms with E-state index in [1.165, 1.54) is 19.8 Å². The van der Waals surface area contributed by atoms with Crippen LogP contribution in [0.2, 0.25) is 0 Å². The number of carbonyl (C=O) groups excluding carboxylic acids is 2. The summed E-state index contributed by atoms with van der Waals surface area (Å²) in [5.41, 5.74) is 0.742. The van der Waals surface area contributed by atoms with E-state index in [-0.39, 0.29) is 23.3 Å². The van der Waals surface area contributed by atoms with E-state index >= 15 is 0 Å². The van der Waals surface area contributed by atoms with Gasteiger partial charge in [0.25, 0.3) is 0 Å². The van der Waals surface area contributed by atoms with Gasteiger partial charge in [-0.1, -0.05) is 33.3 Å². The molecule has 0 radical (unpaired) electrons. The molecule has 0 spiro atoms. The minimum Gasteiger partial charge on any atom is -0.462 e. The number of allylic oxidation sites excluding steroid dienone is 1. The van der Waals surface area contributed by atoms with Crippen molar-refractivity contribution in [1.29, 1.82) is 0 Å². The van der Waals surface area contributed by atoms with Gasteiger partial charge < -0.3 is 9.47 Å². The summed E-state index contributed by atoms with van der Waals surface area (Å²) in [6.45, 7) is 11.3. The molecule has 146 valence electrons. The van der Waals surface area contributed by atoms with Crippen LogP contribution >= 0.6 is 0 Å². The van der Waals surface area contributed by atoms with Crippen molar-refractivity contribution in [1.82, 2.24) is 0 Å². The zero-order valence-electron chi connectivity index (χ0n) is 17.0. The summed E-state index contributed by atoms with van der Waals surface area (Å²) < 4.78 is 11.0. The molecule has 3 rings (SSSR count). The standard InChI is InChI=1S/C22H34O4/c1-15(23)26-22(5)13-9-17-20(2,3)11-6-12-21(17,4)18(22)8-7-16-10-14-25-19(16)24/h7,17-18H,6,8-14H2,1-5H3/b16-7+/t17-,18+,21-,22+/m0/s1. The number of esters is 2. The van der Waals surface area contributed by atoms with Crippen molar-refractivity contribution in [3.63, 3.8) is 0 Å². The molecule has 0 N–H and O–H groups in total. The first-order valence-corrected chi connectivity index (χ1v) is 10.1. The number of hydrogen-bond acceptors (Lipinski definition) is 4. The molecule has 26 heavy (non-hydrogen) atoms. The van der Waals surface area contributed by atoms with E-state index < -0.39 is 5.60 Å². The van der Waals surface area contributed by atoms with Crippen LogP contribution in [0.15, 0.2) is 11.6 Å². The van der Waals surface area contributed by atoms with Gasteiger partial charge in [-0.15, -0.1) is 0 Å². The van der Waals surface area contributed by atoms with Crippen molar-refractivity contribution in [2.24, 2.45) is 22.7 Å². The van der Waals surface area contributed by atoms with Gasteiger partial charge >= 0.3 is 11.9 Å². The molecule has 1 saturated heterocycles. The van der Waals surface area contributed by atoms with Crippen molar-refractivity contribution in [2.45, 2.75) is 85.2 Å². The van der Waals surface area contributed by atoms with Crippen molar-refractivity contribution in [3.05, 3.63) is 11.6 Å². The Labute approximate surface area is 157 Å². The van der Waals surface area contributed by atoms with E-state index in [1.54, 1.807) is 0 Å². The lowest BCUT2D eigenvalue weighted by atomic mass is 9.45. The molecule has 2 saturated carbocycles. The number of cyclic esters (lactones) is 1. The first kappa shape index (κ1) is 19.4. The molecule has 4 nitrogen and oxygen atoms in total. The van der Waals surface area contributed by atoms with E-state index in [1.807, 2.05) is 0 Å². The maximum Gasteiger partial charge on any atom is 0.333 e. The van der Waals surface area contributed by atoms with Crippen LogP contribution in [0.3, 0.4) is 0 Å². The first-order valence-electron chi connectivity index (χ1n) is 10.1. The minimum absolute atomic E-state index is 0.115. The van der Waals surface area contributed by atoms with E-state index in [2.05, 4.69) is 33.8 Å². The van der Waals surface area contributed by atoms with E-state index in [9.17, 15) is 9.59 Å². The average molecular weight is 363 g/mol. The Hall–Kier alpha value is -1.32. The van der Waals surface area contributed by atoms with E-state index in [0.29, 0.717) is 24.4 Å². The molecule has 0 amide bonds. The molecule has 0 bridgehead atoms. The lowest BCUT2D eigenvalue weighted by molar-refractivity contribution is -0.197. The molecular formula is C22H34O4. The predicted molar refractivity (Wildman–Crippen MR) is 100 cm³/mol. The summed E-state index contributed by atoms with van der Waals surface area (Å²) in [4.78, 5) is 23.7. The number of hydrogen-bond donors (Lipinski definition) is 0. The van der Waals surface area contributed by atoms with Crippen molar-refractivity contribution in [3.8, 4) is 0 Å². The molecule has 1 aliphatic heterocycles. The van der Waals surface area contributed by atoms with Crippen LogP contribution in [0.4, 0.5) is 0 Å². The van der Waals surface area contributed by atoms with Crippen LogP contribution < -0.4 is 0 Å². The van der Waals surface area contributed by atoms with E-state index in [4.69, 9.17) is 9.47 Å². The van der Waals surface area contributed by atoms with Crippen LogP contribution in [0.5, 0.6) is 0 Å². The molecule has 1 heterocycles. The summed E-state index contributed by atoms with van der Waals surface area (Å²) in [5, 5.41) is 0. The molecule has 3 fully saturated rings.